The summed E-state index contributed by atoms with van der Waals surface area (Å²) in [5.74, 6) is 0.870. The number of para-hydroxylation sites is 1. The van der Waals surface area contributed by atoms with E-state index in [2.05, 4.69) is 167 Å². The van der Waals surface area contributed by atoms with E-state index in [-0.39, 0.29) is 0 Å². The number of benzene rings is 7. The fourth-order valence-corrected chi connectivity index (χ4v) is 8.52. The van der Waals surface area contributed by atoms with Gasteiger partial charge in [-0.25, -0.2) is 9.97 Å². The lowest BCUT2D eigenvalue weighted by atomic mass is 10.1. The molecule has 0 radical (unpaired) electrons. The van der Waals surface area contributed by atoms with Crippen LogP contribution in [-0.2, 0) is 0 Å². The van der Waals surface area contributed by atoms with Crippen LogP contribution in [0.25, 0.3) is 110 Å². The summed E-state index contributed by atoms with van der Waals surface area (Å²) in [6.45, 7) is 0. The molecule has 0 fully saturated rings. The Morgan fingerprint density at radius 3 is 1.91 bits per heavy atom. The zero-order valence-electron chi connectivity index (χ0n) is 30.0. The van der Waals surface area contributed by atoms with Gasteiger partial charge in [0.25, 0.3) is 0 Å². The molecule has 5 heterocycles. The third-order valence-electron chi connectivity index (χ3n) is 11.2. The fourth-order valence-electron chi connectivity index (χ4n) is 8.52. The van der Waals surface area contributed by atoms with E-state index < -0.39 is 0 Å². The van der Waals surface area contributed by atoms with Crippen LogP contribution in [0.4, 0.5) is 0 Å². The Morgan fingerprint density at radius 2 is 1.07 bits per heavy atom. The first-order valence-corrected chi connectivity index (χ1v) is 18.8. The van der Waals surface area contributed by atoms with Gasteiger partial charge in [0.1, 0.15) is 5.82 Å². The van der Waals surface area contributed by atoms with Gasteiger partial charge in [-0.1, -0.05) is 103 Å². The minimum atomic E-state index is 0.782. The fraction of sp³-hybridized carbons (Fsp3) is 0. The summed E-state index contributed by atoms with van der Waals surface area (Å²) in [4.78, 5) is 20.1. The lowest BCUT2D eigenvalue weighted by Gasteiger charge is -2.12. The Labute approximate surface area is 320 Å². The molecule has 5 aromatic heterocycles. The van der Waals surface area contributed by atoms with Gasteiger partial charge in [-0.2, -0.15) is 0 Å². The van der Waals surface area contributed by atoms with Crippen molar-refractivity contribution in [2.45, 2.75) is 0 Å². The molecule has 0 saturated carbocycles. The van der Waals surface area contributed by atoms with E-state index >= 15 is 0 Å². The highest BCUT2D eigenvalue weighted by Gasteiger charge is 2.19. The molecule has 0 N–H and O–H groups in total. The molecule has 12 rings (SSSR count). The number of hydrogen-bond donors (Lipinski definition) is 0. The van der Waals surface area contributed by atoms with Crippen molar-refractivity contribution < 1.29 is 0 Å². The molecular formula is C50H30N6. The van der Waals surface area contributed by atoms with Crippen molar-refractivity contribution in [3.05, 3.63) is 182 Å². The molecule has 0 aliphatic carbocycles. The van der Waals surface area contributed by atoms with Crippen molar-refractivity contribution in [2.75, 3.05) is 0 Å². The SMILES string of the molecule is c1ccc(-c2ccnc(-n3c4ccccc4c4ccc(-n5c6cc7ccccc7cc6c6ncc(-c7cnc8cc9ccccc9cc8n7)cc65)cc43)c2)cc1. The lowest BCUT2D eigenvalue weighted by Crippen LogP contribution is -1.99. The molecule has 6 nitrogen and oxygen atoms in total. The highest BCUT2D eigenvalue weighted by Crippen LogP contribution is 2.39. The summed E-state index contributed by atoms with van der Waals surface area (Å²) in [7, 11) is 0. The number of hydrogen-bond acceptors (Lipinski definition) is 4. The van der Waals surface area contributed by atoms with Crippen LogP contribution in [0.15, 0.2) is 182 Å². The average molecular weight is 715 g/mol. The van der Waals surface area contributed by atoms with E-state index in [1.807, 2.05) is 24.7 Å². The first-order chi connectivity index (χ1) is 27.7. The summed E-state index contributed by atoms with van der Waals surface area (Å²) in [5.41, 5.74) is 11.9. The summed E-state index contributed by atoms with van der Waals surface area (Å²) >= 11 is 0. The molecule has 0 bridgehead atoms. The van der Waals surface area contributed by atoms with Crippen LogP contribution < -0.4 is 0 Å². The average Bonchev–Trinajstić information content (AvgIpc) is 3.76. The quantitative estimate of drug-likeness (QED) is 0.170. The van der Waals surface area contributed by atoms with Crippen molar-refractivity contribution in [3.63, 3.8) is 0 Å². The molecule has 0 spiro atoms. The normalized spacial score (nSPS) is 11.9. The molecule has 7 aromatic carbocycles. The highest BCUT2D eigenvalue weighted by molar-refractivity contribution is 6.14. The molecule has 12 aromatic rings. The summed E-state index contributed by atoms with van der Waals surface area (Å²) < 4.78 is 4.65. The van der Waals surface area contributed by atoms with Crippen molar-refractivity contribution in [1.29, 1.82) is 0 Å². The maximum Gasteiger partial charge on any atom is 0.138 e. The Hall–Kier alpha value is -7.70. The van der Waals surface area contributed by atoms with Crippen molar-refractivity contribution in [1.82, 2.24) is 29.1 Å². The summed E-state index contributed by atoms with van der Waals surface area (Å²) in [5, 5.41) is 8.09. The van der Waals surface area contributed by atoms with Crippen LogP contribution in [0.3, 0.4) is 0 Å². The standard InChI is InChI=1S/C50H30N6/c1-2-10-31(11-3-1)36-20-21-51-49(27-36)56-45-17-9-8-16-39(45)40-19-18-38(28-47(40)56)55-46-25-35-15-7-4-12-32(35)22-41(46)50-48(55)26-37(29-53-50)44-30-52-42-23-33-13-5-6-14-34(33)24-43(42)54-44/h1-30H. The number of pyridine rings is 2. The second kappa shape index (κ2) is 11.9. The van der Waals surface area contributed by atoms with E-state index in [1.165, 1.54) is 21.5 Å². The predicted molar refractivity (Wildman–Crippen MR) is 230 cm³/mol. The van der Waals surface area contributed by atoms with E-state index in [0.29, 0.717) is 0 Å². The molecule has 0 aliphatic rings. The summed E-state index contributed by atoms with van der Waals surface area (Å²) in [6, 6.07) is 58.0. The number of nitrogens with zero attached hydrogens (tertiary/aromatic N) is 6. The van der Waals surface area contributed by atoms with Gasteiger partial charge in [-0.3, -0.25) is 14.5 Å². The van der Waals surface area contributed by atoms with Crippen LogP contribution >= 0.6 is 0 Å². The van der Waals surface area contributed by atoms with Crippen molar-refractivity contribution in [2.24, 2.45) is 0 Å². The first-order valence-electron chi connectivity index (χ1n) is 18.8. The van der Waals surface area contributed by atoms with Gasteiger partial charge in [0.05, 0.1) is 50.5 Å². The van der Waals surface area contributed by atoms with E-state index in [0.717, 1.165) is 88.7 Å². The molecule has 0 saturated heterocycles. The Balaban J connectivity index is 1.11. The maximum absolute atomic E-state index is 5.17. The van der Waals surface area contributed by atoms with Gasteiger partial charge < -0.3 is 4.57 Å². The van der Waals surface area contributed by atoms with Crippen LogP contribution in [0.1, 0.15) is 0 Å². The zero-order chi connectivity index (χ0) is 36.7. The van der Waals surface area contributed by atoms with Crippen molar-refractivity contribution >= 4 is 76.3 Å². The smallest absolute Gasteiger partial charge is 0.138 e. The van der Waals surface area contributed by atoms with Gasteiger partial charge in [0.15, 0.2) is 0 Å². The summed E-state index contributed by atoms with van der Waals surface area (Å²) in [6.07, 6.45) is 5.71. The van der Waals surface area contributed by atoms with Crippen LogP contribution in [0.2, 0.25) is 0 Å². The molecule has 0 aliphatic heterocycles. The maximum atomic E-state index is 5.17. The molecular weight excluding hydrogens is 685 g/mol. The predicted octanol–water partition coefficient (Wildman–Crippen LogP) is 12.3. The van der Waals surface area contributed by atoms with E-state index in [4.69, 9.17) is 19.9 Å². The van der Waals surface area contributed by atoms with Gasteiger partial charge in [0.2, 0.25) is 0 Å². The Kier molecular flexibility index (Phi) is 6.53. The minimum Gasteiger partial charge on any atom is -0.307 e. The third kappa shape index (κ3) is 4.69. The van der Waals surface area contributed by atoms with Gasteiger partial charge in [-0.05, 0) is 93.3 Å². The number of fused-ring (bicyclic) bond motifs is 9. The van der Waals surface area contributed by atoms with Crippen LogP contribution in [-0.4, -0.2) is 29.1 Å². The van der Waals surface area contributed by atoms with E-state index in [9.17, 15) is 0 Å². The Bertz CT molecular complexity index is 3540. The molecule has 260 valence electrons. The van der Waals surface area contributed by atoms with Crippen molar-refractivity contribution in [3.8, 4) is 33.9 Å². The van der Waals surface area contributed by atoms with Crippen LogP contribution in [0.5, 0.6) is 0 Å². The minimum absolute atomic E-state index is 0.782. The van der Waals surface area contributed by atoms with E-state index in [1.54, 1.807) is 0 Å². The second-order valence-corrected chi connectivity index (χ2v) is 14.4. The third-order valence-corrected chi connectivity index (χ3v) is 11.2. The number of aromatic nitrogens is 6. The van der Waals surface area contributed by atoms with Gasteiger partial charge in [-0.15, -0.1) is 0 Å². The molecule has 0 unspecified atom stereocenters. The monoisotopic (exact) mass is 714 g/mol. The molecule has 6 heteroatoms. The molecule has 0 atom stereocenters. The largest absolute Gasteiger partial charge is 0.307 e. The molecule has 56 heavy (non-hydrogen) atoms. The van der Waals surface area contributed by atoms with Gasteiger partial charge in [0, 0.05) is 39.8 Å². The molecule has 0 amide bonds. The lowest BCUT2D eigenvalue weighted by molar-refractivity contribution is 1.08. The Morgan fingerprint density at radius 1 is 0.375 bits per heavy atom. The second-order valence-electron chi connectivity index (χ2n) is 14.4. The number of rotatable bonds is 4. The highest BCUT2D eigenvalue weighted by atomic mass is 15.1. The first kappa shape index (κ1) is 30.7. The zero-order valence-corrected chi connectivity index (χ0v) is 30.0. The topological polar surface area (TPSA) is 61.4 Å². The van der Waals surface area contributed by atoms with Crippen LogP contribution in [0, 0.1) is 0 Å². The van der Waals surface area contributed by atoms with Gasteiger partial charge >= 0.3 is 0 Å².